The fourth-order valence-corrected chi connectivity index (χ4v) is 9.50. The summed E-state index contributed by atoms with van der Waals surface area (Å²) in [5, 5.41) is 5.39. The minimum Gasteiger partial charge on any atom is -0.265 e. The SMILES string of the molecule is c1ccc(-c2ccncc2[Si](c2ccccc2)(c2ccccc2)c2ccccc2)cc1. The van der Waals surface area contributed by atoms with Crippen molar-refractivity contribution >= 4 is 28.8 Å². The molecule has 0 saturated carbocycles. The van der Waals surface area contributed by atoms with Gasteiger partial charge in [-0.25, -0.2) is 0 Å². The van der Waals surface area contributed by atoms with Crippen LogP contribution in [0.15, 0.2) is 140 Å². The topological polar surface area (TPSA) is 12.9 Å². The minimum absolute atomic E-state index is 1.22. The predicted octanol–water partition coefficient (Wildman–Crippen LogP) is 4.13. The molecule has 0 aliphatic carbocycles. The number of hydrogen-bond acceptors (Lipinski definition) is 1. The van der Waals surface area contributed by atoms with Crippen LogP contribution in [0.5, 0.6) is 0 Å². The molecule has 0 spiro atoms. The number of aromatic nitrogens is 1. The normalized spacial score (nSPS) is 11.2. The largest absolute Gasteiger partial charge is 0.265 e. The van der Waals surface area contributed by atoms with Crippen LogP contribution in [0.3, 0.4) is 0 Å². The van der Waals surface area contributed by atoms with E-state index < -0.39 is 8.07 Å². The van der Waals surface area contributed by atoms with E-state index in [9.17, 15) is 0 Å². The smallest absolute Gasteiger partial charge is 0.181 e. The van der Waals surface area contributed by atoms with Crippen molar-refractivity contribution in [1.82, 2.24) is 4.98 Å². The van der Waals surface area contributed by atoms with Gasteiger partial charge in [0.1, 0.15) is 0 Å². The summed E-state index contributed by atoms with van der Waals surface area (Å²) in [6.45, 7) is 0. The molecule has 0 amide bonds. The van der Waals surface area contributed by atoms with Crippen molar-refractivity contribution in [2.45, 2.75) is 0 Å². The third-order valence-electron chi connectivity index (χ3n) is 5.93. The Labute approximate surface area is 184 Å². The highest BCUT2D eigenvalue weighted by molar-refractivity contribution is 7.20. The van der Waals surface area contributed by atoms with Crippen LogP contribution in [0, 0.1) is 0 Å². The highest BCUT2D eigenvalue weighted by Crippen LogP contribution is 2.20. The highest BCUT2D eigenvalue weighted by Gasteiger charge is 2.43. The lowest BCUT2D eigenvalue weighted by Gasteiger charge is -2.35. The van der Waals surface area contributed by atoms with Gasteiger partial charge in [-0.05, 0) is 37.9 Å². The first-order chi connectivity index (χ1) is 15.4. The lowest BCUT2D eigenvalue weighted by Crippen LogP contribution is -2.75. The second-order valence-electron chi connectivity index (χ2n) is 7.64. The quantitative estimate of drug-likeness (QED) is 0.312. The zero-order chi connectivity index (χ0) is 20.9. The van der Waals surface area contributed by atoms with E-state index in [1.54, 1.807) is 0 Å². The molecular formula is C29H23NSi. The van der Waals surface area contributed by atoms with Crippen LogP contribution >= 0.6 is 0 Å². The standard InChI is InChI=1S/C29H23NSi/c1-5-13-24(14-6-1)28-21-22-30-23-29(28)31(25-15-7-2-8-16-25,26-17-9-3-10-18-26)27-19-11-4-12-20-27/h1-23H. The summed E-state index contributed by atoms with van der Waals surface area (Å²) in [5.74, 6) is 0. The molecule has 0 bridgehead atoms. The highest BCUT2D eigenvalue weighted by atomic mass is 28.3. The van der Waals surface area contributed by atoms with Gasteiger partial charge in [-0.1, -0.05) is 121 Å². The molecule has 0 N–H and O–H groups in total. The summed E-state index contributed by atoms with van der Waals surface area (Å²) in [7, 11) is -2.59. The molecule has 0 saturated heterocycles. The van der Waals surface area contributed by atoms with E-state index in [0.29, 0.717) is 0 Å². The molecule has 5 aromatic rings. The van der Waals surface area contributed by atoms with Crippen molar-refractivity contribution in [3.63, 3.8) is 0 Å². The second kappa shape index (κ2) is 8.55. The first-order valence-electron chi connectivity index (χ1n) is 10.6. The monoisotopic (exact) mass is 413 g/mol. The lowest BCUT2D eigenvalue weighted by molar-refractivity contribution is 1.34. The molecule has 0 fully saturated rings. The molecule has 0 radical (unpaired) electrons. The van der Waals surface area contributed by atoms with Crippen LogP contribution < -0.4 is 20.7 Å². The number of pyridine rings is 1. The maximum absolute atomic E-state index is 4.65. The summed E-state index contributed by atoms with van der Waals surface area (Å²) in [6.07, 6.45) is 4.01. The molecule has 31 heavy (non-hydrogen) atoms. The molecule has 0 aliphatic heterocycles. The average Bonchev–Trinajstić information content (AvgIpc) is 2.87. The van der Waals surface area contributed by atoms with E-state index in [2.05, 4.69) is 139 Å². The first kappa shape index (κ1) is 19.2. The molecule has 0 unspecified atom stereocenters. The van der Waals surface area contributed by atoms with Crippen molar-refractivity contribution in [3.8, 4) is 11.1 Å². The summed E-state index contributed by atoms with van der Waals surface area (Å²) < 4.78 is 0. The molecule has 5 rings (SSSR count). The predicted molar refractivity (Wildman–Crippen MR) is 133 cm³/mol. The maximum Gasteiger partial charge on any atom is 0.181 e. The zero-order valence-electron chi connectivity index (χ0n) is 17.2. The third-order valence-corrected chi connectivity index (χ3v) is 10.7. The number of benzene rings is 4. The number of rotatable bonds is 5. The van der Waals surface area contributed by atoms with Crippen LogP contribution in [-0.2, 0) is 0 Å². The summed E-state index contributed by atoms with van der Waals surface area (Å²) in [5.41, 5.74) is 2.47. The van der Waals surface area contributed by atoms with Gasteiger partial charge < -0.3 is 0 Å². The molecule has 1 aromatic heterocycles. The second-order valence-corrected chi connectivity index (χ2v) is 11.4. The maximum atomic E-state index is 4.65. The first-order valence-corrected chi connectivity index (χ1v) is 12.6. The summed E-state index contributed by atoms with van der Waals surface area (Å²) in [4.78, 5) is 4.65. The number of hydrogen-bond donors (Lipinski definition) is 0. The fraction of sp³-hybridized carbons (Fsp3) is 0. The fourth-order valence-electron chi connectivity index (χ4n) is 4.59. The molecule has 4 aromatic carbocycles. The Morgan fingerprint density at radius 3 is 1.32 bits per heavy atom. The van der Waals surface area contributed by atoms with Crippen molar-refractivity contribution in [1.29, 1.82) is 0 Å². The summed E-state index contributed by atoms with van der Waals surface area (Å²) in [6, 6.07) is 45.8. The van der Waals surface area contributed by atoms with E-state index >= 15 is 0 Å². The number of nitrogens with zero attached hydrogens (tertiary/aromatic N) is 1. The van der Waals surface area contributed by atoms with Gasteiger partial charge in [-0.2, -0.15) is 0 Å². The Hall–Kier alpha value is -3.75. The molecule has 0 atom stereocenters. The minimum atomic E-state index is -2.59. The van der Waals surface area contributed by atoms with E-state index in [-0.39, 0.29) is 0 Å². The van der Waals surface area contributed by atoms with Crippen LogP contribution in [0.25, 0.3) is 11.1 Å². The Balaban J connectivity index is 1.94. The van der Waals surface area contributed by atoms with E-state index in [4.69, 9.17) is 0 Å². The van der Waals surface area contributed by atoms with Crippen molar-refractivity contribution in [2.24, 2.45) is 0 Å². The lowest BCUT2D eigenvalue weighted by atomic mass is 10.1. The van der Waals surface area contributed by atoms with Crippen molar-refractivity contribution < 1.29 is 0 Å². The molecule has 2 heteroatoms. The van der Waals surface area contributed by atoms with Gasteiger partial charge in [-0.15, -0.1) is 0 Å². The van der Waals surface area contributed by atoms with E-state index in [1.807, 2.05) is 6.20 Å². The van der Waals surface area contributed by atoms with Gasteiger partial charge in [0.2, 0.25) is 0 Å². The molecule has 1 nitrogen and oxygen atoms in total. The molecule has 1 heterocycles. The van der Waals surface area contributed by atoms with Crippen LogP contribution in [-0.4, -0.2) is 13.1 Å². The van der Waals surface area contributed by atoms with Gasteiger partial charge in [0.15, 0.2) is 8.07 Å². The van der Waals surface area contributed by atoms with Crippen LogP contribution in [0.4, 0.5) is 0 Å². The van der Waals surface area contributed by atoms with E-state index in [0.717, 1.165) is 0 Å². The Morgan fingerprint density at radius 1 is 0.452 bits per heavy atom. The molecule has 0 aliphatic rings. The van der Waals surface area contributed by atoms with Gasteiger partial charge in [0.25, 0.3) is 0 Å². The van der Waals surface area contributed by atoms with Gasteiger partial charge in [0, 0.05) is 12.4 Å². The van der Waals surface area contributed by atoms with Crippen molar-refractivity contribution in [2.75, 3.05) is 0 Å². The van der Waals surface area contributed by atoms with Gasteiger partial charge >= 0.3 is 0 Å². The molecule has 148 valence electrons. The van der Waals surface area contributed by atoms with Gasteiger partial charge in [0.05, 0.1) is 0 Å². The van der Waals surface area contributed by atoms with Crippen molar-refractivity contribution in [3.05, 3.63) is 140 Å². The molecular weight excluding hydrogens is 390 g/mol. The van der Waals surface area contributed by atoms with Crippen LogP contribution in [0.2, 0.25) is 0 Å². The Bertz CT molecular complexity index is 1160. The van der Waals surface area contributed by atoms with Gasteiger partial charge in [-0.3, -0.25) is 4.98 Å². The average molecular weight is 414 g/mol. The third kappa shape index (κ3) is 3.41. The van der Waals surface area contributed by atoms with Crippen LogP contribution in [0.1, 0.15) is 0 Å². The Morgan fingerprint density at radius 2 is 0.871 bits per heavy atom. The Kier molecular flexibility index (Phi) is 5.30. The zero-order valence-corrected chi connectivity index (χ0v) is 18.2. The van der Waals surface area contributed by atoms with E-state index in [1.165, 1.54) is 31.9 Å². The summed E-state index contributed by atoms with van der Waals surface area (Å²) >= 11 is 0.